The minimum atomic E-state index is -0.137. The van der Waals surface area contributed by atoms with Crippen LogP contribution in [0.3, 0.4) is 0 Å². The summed E-state index contributed by atoms with van der Waals surface area (Å²) in [6, 6.07) is 6.71. The topological polar surface area (TPSA) is 71.6 Å². The number of hydrogen-bond acceptors (Lipinski definition) is 4. The van der Waals surface area contributed by atoms with Gasteiger partial charge in [-0.05, 0) is 32.0 Å². The van der Waals surface area contributed by atoms with Crippen molar-refractivity contribution in [3.63, 3.8) is 0 Å². The van der Waals surface area contributed by atoms with Gasteiger partial charge in [-0.15, -0.1) is 0 Å². The van der Waals surface area contributed by atoms with E-state index in [0.29, 0.717) is 17.1 Å². The number of carbonyl (C=O) groups excluding carboxylic acids is 1. The van der Waals surface area contributed by atoms with Crippen molar-refractivity contribution in [1.29, 1.82) is 5.26 Å². The molecule has 0 saturated carbocycles. The molecule has 0 N–H and O–H groups in total. The molecule has 0 saturated heterocycles. The Morgan fingerprint density at radius 1 is 1.50 bits per heavy atom. The van der Waals surface area contributed by atoms with E-state index in [4.69, 9.17) is 16.9 Å². The van der Waals surface area contributed by atoms with E-state index in [1.807, 2.05) is 6.07 Å². The zero-order valence-electron chi connectivity index (χ0n) is 9.81. The third-order valence-corrected chi connectivity index (χ3v) is 2.63. The van der Waals surface area contributed by atoms with Crippen molar-refractivity contribution in [2.24, 2.45) is 0 Å². The van der Waals surface area contributed by atoms with Gasteiger partial charge in [0.1, 0.15) is 11.2 Å². The largest absolute Gasteiger partial charge is 0.294 e. The van der Waals surface area contributed by atoms with Crippen LogP contribution in [0.2, 0.25) is 5.15 Å². The summed E-state index contributed by atoms with van der Waals surface area (Å²) in [5.41, 5.74) is 1.39. The Labute approximate surface area is 109 Å². The van der Waals surface area contributed by atoms with E-state index in [2.05, 4.69) is 10.1 Å². The summed E-state index contributed by atoms with van der Waals surface area (Å²) >= 11 is 5.84. The molecule has 0 aromatic carbocycles. The molecule has 90 valence electrons. The number of ketones is 1. The van der Waals surface area contributed by atoms with Crippen molar-refractivity contribution in [1.82, 2.24) is 14.8 Å². The molecule has 2 heterocycles. The molecule has 5 nitrogen and oxygen atoms in total. The van der Waals surface area contributed by atoms with Gasteiger partial charge >= 0.3 is 0 Å². The molecule has 0 aliphatic carbocycles. The summed E-state index contributed by atoms with van der Waals surface area (Å²) in [4.78, 5) is 15.7. The Balaban J connectivity index is 2.69. The lowest BCUT2D eigenvalue weighted by Crippen LogP contribution is -2.09. The average molecular weight is 261 g/mol. The van der Waals surface area contributed by atoms with Crippen LogP contribution in [-0.4, -0.2) is 20.5 Å². The SMILES string of the molecule is CC(=O)c1ccc(Cl)nc1-n1nc(C#N)cc1C. The molecule has 0 atom stereocenters. The van der Waals surface area contributed by atoms with Gasteiger partial charge in [-0.3, -0.25) is 4.79 Å². The van der Waals surface area contributed by atoms with Crippen molar-refractivity contribution in [3.05, 3.63) is 40.3 Å². The highest BCUT2D eigenvalue weighted by Gasteiger charge is 2.15. The standard InChI is InChI=1S/C12H9ClN4O/c1-7-5-9(6-14)16-17(7)12-10(8(2)18)3-4-11(13)15-12/h3-5H,1-2H3. The highest BCUT2D eigenvalue weighted by molar-refractivity contribution is 6.29. The maximum absolute atomic E-state index is 11.5. The Hall–Kier alpha value is -2.19. The van der Waals surface area contributed by atoms with Crippen molar-refractivity contribution in [2.75, 3.05) is 0 Å². The highest BCUT2D eigenvalue weighted by atomic mass is 35.5. The van der Waals surface area contributed by atoms with Gasteiger partial charge < -0.3 is 0 Å². The van der Waals surface area contributed by atoms with Crippen LogP contribution in [0.1, 0.15) is 28.7 Å². The summed E-state index contributed by atoms with van der Waals surface area (Å²) in [7, 11) is 0. The van der Waals surface area contributed by atoms with Gasteiger partial charge in [-0.2, -0.15) is 10.4 Å². The predicted octanol–water partition coefficient (Wildman–Crippen LogP) is 2.30. The Kier molecular flexibility index (Phi) is 3.13. The molecule has 0 aliphatic rings. The molecule has 2 aromatic rings. The van der Waals surface area contributed by atoms with Crippen LogP contribution >= 0.6 is 11.6 Å². The number of Topliss-reactive ketones (excluding diaryl/α,β-unsaturated/α-hetero) is 1. The van der Waals surface area contributed by atoms with Gasteiger partial charge in [0, 0.05) is 5.69 Å². The van der Waals surface area contributed by atoms with Crippen LogP contribution in [0.15, 0.2) is 18.2 Å². The highest BCUT2D eigenvalue weighted by Crippen LogP contribution is 2.18. The first-order valence-corrected chi connectivity index (χ1v) is 5.55. The predicted molar refractivity (Wildman–Crippen MR) is 65.8 cm³/mol. The van der Waals surface area contributed by atoms with Crippen molar-refractivity contribution in [2.45, 2.75) is 13.8 Å². The van der Waals surface area contributed by atoms with Crippen LogP contribution in [0, 0.1) is 18.3 Å². The number of nitrogens with zero attached hydrogens (tertiary/aromatic N) is 4. The second-order valence-corrected chi connectivity index (χ2v) is 4.14. The fourth-order valence-corrected chi connectivity index (χ4v) is 1.75. The average Bonchev–Trinajstić information content (AvgIpc) is 2.70. The van der Waals surface area contributed by atoms with Crippen molar-refractivity contribution < 1.29 is 4.79 Å². The lowest BCUT2D eigenvalue weighted by molar-refractivity contribution is 0.101. The lowest BCUT2D eigenvalue weighted by atomic mass is 10.2. The summed E-state index contributed by atoms with van der Waals surface area (Å²) in [6.07, 6.45) is 0. The first-order valence-electron chi connectivity index (χ1n) is 5.17. The molecule has 0 spiro atoms. The van der Waals surface area contributed by atoms with Gasteiger partial charge in [-0.25, -0.2) is 9.67 Å². The van der Waals surface area contributed by atoms with E-state index in [1.54, 1.807) is 25.1 Å². The zero-order valence-corrected chi connectivity index (χ0v) is 10.6. The fourth-order valence-electron chi connectivity index (χ4n) is 1.61. The second-order valence-electron chi connectivity index (χ2n) is 3.76. The molecule has 0 unspecified atom stereocenters. The van der Waals surface area contributed by atoms with Gasteiger partial charge in [0.15, 0.2) is 17.3 Å². The third kappa shape index (κ3) is 2.11. The molecular weight excluding hydrogens is 252 g/mol. The molecule has 0 radical (unpaired) electrons. The van der Waals surface area contributed by atoms with E-state index < -0.39 is 0 Å². The molecule has 0 aliphatic heterocycles. The minimum Gasteiger partial charge on any atom is -0.294 e. The maximum Gasteiger partial charge on any atom is 0.166 e. The number of hydrogen-bond donors (Lipinski definition) is 0. The van der Waals surface area contributed by atoms with Crippen LogP contribution < -0.4 is 0 Å². The molecular formula is C12H9ClN4O. The van der Waals surface area contributed by atoms with E-state index in [1.165, 1.54) is 11.6 Å². The monoisotopic (exact) mass is 260 g/mol. The van der Waals surface area contributed by atoms with Gasteiger partial charge in [0.2, 0.25) is 0 Å². The molecule has 0 bridgehead atoms. The third-order valence-electron chi connectivity index (χ3n) is 2.42. The fraction of sp³-hybridized carbons (Fsp3) is 0.167. The first-order chi connectivity index (χ1) is 8.52. The van der Waals surface area contributed by atoms with E-state index in [-0.39, 0.29) is 16.6 Å². The van der Waals surface area contributed by atoms with Crippen LogP contribution in [0.4, 0.5) is 0 Å². The van der Waals surface area contributed by atoms with Crippen LogP contribution in [-0.2, 0) is 0 Å². The van der Waals surface area contributed by atoms with Gasteiger partial charge in [-0.1, -0.05) is 11.6 Å². The van der Waals surface area contributed by atoms with Crippen LogP contribution in [0.25, 0.3) is 5.82 Å². The smallest absolute Gasteiger partial charge is 0.166 e. The van der Waals surface area contributed by atoms with E-state index >= 15 is 0 Å². The molecule has 2 rings (SSSR count). The zero-order chi connectivity index (χ0) is 13.3. The number of pyridine rings is 1. The normalized spacial score (nSPS) is 10.1. The van der Waals surface area contributed by atoms with E-state index in [9.17, 15) is 4.79 Å². The number of aryl methyl sites for hydroxylation is 1. The lowest BCUT2D eigenvalue weighted by Gasteiger charge is -2.07. The number of carbonyl (C=O) groups is 1. The summed E-state index contributed by atoms with van der Waals surface area (Å²) in [6.45, 7) is 3.22. The number of nitriles is 1. The molecule has 0 amide bonds. The second kappa shape index (κ2) is 4.59. The Bertz CT molecular complexity index is 669. The summed E-state index contributed by atoms with van der Waals surface area (Å²) in [5.74, 6) is 0.205. The van der Waals surface area contributed by atoms with Crippen molar-refractivity contribution in [3.8, 4) is 11.9 Å². The first kappa shape index (κ1) is 12.3. The minimum absolute atomic E-state index is 0.137. The van der Waals surface area contributed by atoms with E-state index in [0.717, 1.165) is 0 Å². The number of halogens is 1. The molecule has 0 fully saturated rings. The number of aromatic nitrogens is 3. The molecule has 18 heavy (non-hydrogen) atoms. The summed E-state index contributed by atoms with van der Waals surface area (Å²) < 4.78 is 1.45. The van der Waals surface area contributed by atoms with Crippen molar-refractivity contribution >= 4 is 17.4 Å². The number of rotatable bonds is 2. The van der Waals surface area contributed by atoms with Gasteiger partial charge in [0.25, 0.3) is 0 Å². The Morgan fingerprint density at radius 3 is 2.78 bits per heavy atom. The molecule has 6 heteroatoms. The maximum atomic E-state index is 11.5. The van der Waals surface area contributed by atoms with Crippen LogP contribution in [0.5, 0.6) is 0 Å². The molecule has 2 aromatic heterocycles. The van der Waals surface area contributed by atoms with Gasteiger partial charge in [0.05, 0.1) is 5.56 Å². The Morgan fingerprint density at radius 2 is 2.22 bits per heavy atom. The summed E-state index contributed by atoms with van der Waals surface area (Å²) in [5, 5.41) is 13.1. The quantitative estimate of drug-likeness (QED) is 0.614.